The lowest BCUT2D eigenvalue weighted by Crippen LogP contribution is -2.51. The average molecular weight is 287 g/mol. The fraction of sp³-hybridized carbons (Fsp3) is 0.750. The Hall–Kier alpha value is -1.70. The minimum Gasteiger partial charge on any atom is -0.480 e. The van der Waals surface area contributed by atoms with Gasteiger partial charge in [-0.25, -0.2) is 4.39 Å². The molecular formula is C12H18FN3O4. The van der Waals surface area contributed by atoms with E-state index in [9.17, 15) is 18.8 Å². The molecule has 8 heteroatoms. The van der Waals surface area contributed by atoms with Crippen LogP contribution in [0.25, 0.3) is 0 Å². The van der Waals surface area contributed by atoms with Gasteiger partial charge < -0.3 is 20.6 Å². The Morgan fingerprint density at radius 3 is 2.75 bits per heavy atom. The van der Waals surface area contributed by atoms with Crippen molar-refractivity contribution in [2.24, 2.45) is 0 Å². The standard InChI is InChI=1S/C12H18FN3O4/c13-7-4-8(14-5-7)12(20)16-3-1-2-9(16)11(19)15-6-10(17)18/h7-9,14H,1-6H2,(H,15,19)(H,17,18)/t7-,8-,9-/m0/s1. The second-order valence-electron chi connectivity index (χ2n) is 5.10. The Morgan fingerprint density at radius 1 is 1.40 bits per heavy atom. The SMILES string of the molecule is O=C(O)CNC(=O)[C@@H]1CCCN1C(=O)[C@@H]1C[C@H](F)CN1. The molecule has 2 rings (SSSR count). The minimum absolute atomic E-state index is 0.124. The summed E-state index contributed by atoms with van der Waals surface area (Å²) in [6.07, 6.45) is 0.274. The van der Waals surface area contributed by atoms with Gasteiger partial charge >= 0.3 is 5.97 Å². The van der Waals surface area contributed by atoms with Gasteiger partial charge in [0.25, 0.3) is 0 Å². The number of aliphatic carboxylic acids is 1. The Labute approximate surface area is 115 Å². The van der Waals surface area contributed by atoms with Gasteiger partial charge in [0, 0.05) is 19.5 Å². The fourth-order valence-corrected chi connectivity index (χ4v) is 2.66. The average Bonchev–Trinajstić information content (AvgIpc) is 3.03. The van der Waals surface area contributed by atoms with Gasteiger partial charge in [-0.2, -0.15) is 0 Å². The van der Waals surface area contributed by atoms with Crippen molar-refractivity contribution >= 4 is 17.8 Å². The molecule has 2 aliphatic heterocycles. The van der Waals surface area contributed by atoms with Gasteiger partial charge in [0.1, 0.15) is 18.8 Å². The third-order valence-electron chi connectivity index (χ3n) is 3.63. The number of hydrogen-bond donors (Lipinski definition) is 3. The van der Waals surface area contributed by atoms with Gasteiger partial charge in [0.2, 0.25) is 11.8 Å². The van der Waals surface area contributed by atoms with Gasteiger partial charge in [-0.05, 0) is 12.8 Å². The Bertz CT molecular complexity index is 418. The highest BCUT2D eigenvalue weighted by molar-refractivity contribution is 5.91. The molecule has 0 aromatic rings. The van der Waals surface area contributed by atoms with Crippen molar-refractivity contribution in [2.75, 3.05) is 19.6 Å². The summed E-state index contributed by atoms with van der Waals surface area (Å²) >= 11 is 0. The zero-order valence-corrected chi connectivity index (χ0v) is 11.0. The van der Waals surface area contributed by atoms with E-state index in [1.807, 2.05) is 0 Å². The number of nitrogens with zero attached hydrogens (tertiary/aromatic N) is 1. The van der Waals surface area contributed by atoms with Crippen molar-refractivity contribution < 1.29 is 23.9 Å². The molecular weight excluding hydrogens is 269 g/mol. The van der Waals surface area contributed by atoms with E-state index in [2.05, 4.69) is 10.6 Å². The number of carboxylic acids is 1. The number of carboxylic acid groups (broad SMARTS) is 1. The Balaban J connectivity index is 1.94. The lowest BCUT2D eigenvalue weighted by atomic mass is 10.1. The number of carbonyl (C=O) groups is 3. The van der Waals surface area contributed by atoms with Crippen molar-refractivity contribution in [1.29, 1.82) is 0 Å². The molecule has 0 bridgehead atoms. The molecule has 2 saturated heterocycles. The highest BCUT2D eigenvalue weighted by atomic mass is 19.1. The molecule has 2 amide bonds. The maximum Gasteiger partial charge on any atom is 0.322 e. The predicted octanol–water partition coefficient (Wildman–Crippen LogP) is -1.12. The number of likely N-dealkylation sites (tertiary alicyclic amines) is 1. The van der Waals surface area contributed by atoms with Gasteiger partial charge in [0.15, 0.2) is 0 Å². The van der Waals surface area contributed by atoms with Crippen molar-refractivity contribution in [2.45, 2.75) is 37.5 Å². The van der Waals surface area contributed by atoms with Crippen LogP contribution in [0.15, 0.2) is 0 Å². The molecule has 2 fully saturated rings. The summed E-state index contributed by atoms with van der Waals surface area (Å²) < 4.78 is 13.1. The first-order chi connectivity index (χ1) is 9.49. The lowest BCUT2D eigenvalue weighted by Gasteiger charge is -2.26. The maximum absolute atomic E-state index is 13.1. The van der Waals surface area contributed by atoms with Crippen molar-refractivity contribution in [3.05, 3.63) is 0 Å². The van der Waals surface area contributed by atoms with Crippen molar-refractivity contribution in [1.82, 2.24) is 15.5 Å². The Kier molecular flexibility index (Phi) is 4.53. The summed E-state index contributed by atoms with van der Waals surface area (Å²) in [7, 11) is 0. The van der Waals surface area contributed by atoms with E-state index in [4.69, 9.17) is 5.11 Å². The molecule has 0 saturated carbocycles. The van der Waals surface area contributed by atoms with Crippen LogP contribution in [0, 0.1) is 0 Å². The van der Waals surface area contributed by atoms with Gasteiger partial charge in [-0.3, -0.25) is 14.4 Å². The molecule has 0 radical (unpaired) electrons. The van der Waals surface area contributed by atoms with Gasteiger partial charge in [-0.15, -0.1) is 0 Å². The lowest BCUT2D eigenvalue weighted by molar-refractivity contribution is -0.141. The van der Waals surface area contributed by atoms with Crippen LogP contribution in [-0.4, -0.2) is 65.7 Å². The van der Waals surface area contributed by atoms with Gasteiger partial charge in [0.05, 0.1) is 6.04 Å². The van der Waals surface area contributed by atoms with Crippen molar-refractivity contribution in [3.63, 3.8) is 0 Å². The van der Waals surface area contributed by atoms with Crippen LogP contribution >= 0.6 is 0 Å². The smallest absolute Gasteiger partial charge is 0.322 e. The molecule has 7 nitrogen and oxygen atoms in total. The van der Waals surface area contributed by atoms with E-state index in [1.54, 1.807) is 0 Å². The molecule has 0 aliphatic carbocycles. The van der Waals surface area contributed by atoms with E-state index in [1.165, 1.54) is 4.90 Å². The number of hydrogen-bond acceptors (Lipinski definition) is 4. The number of halogens is 1. The summed E-state index contributed by atoms with van der Waals surface area (Å²) in [4.78, 5) is 36.0. The zero-order valence-electron chi connectivity index (χ0n) is 11.0. The van der Waals surface area contributed by atoms with Crippen LogP contribution in [0.2, 0.25) is 0 Å². The molecule has 0 aromatic carbocycles. The fourth-order valence-electron chi connectivity index (χ4n) is 2.66. The van der Waals surface area contributed by atoms with Crippen LogP contribution < -0.4 is 10.6 Å². The second kappa shape index (κ2) is 6.17. The summed E-state index contributed by atoms with van der Waals surface area (Å²) in [6.45, 7) is 0.130. The van der Waals surface area contributed by atoms with Gasteiger partial charge in [-0.1, -0.05) is 0 Å². The third-order valence-corrected chi connectivity index (χ3v) is 3.63. The molecule has 0 unspecified atom stereocenters. The van der Waals surface area contributed by atoms with Crippen LogP contribution in [0.1, 0.15) is 19.3 Å². The van der Waals surface area contributed by atoms with E-state index in [0.717, 1.165) is 0 Å². The minimum atomic E-state index is -1.13. The number of amides is 2. The molecule has 2 aliphatic rings. The first-order valence-electron chi connectivity index (χ1n) is 6.66. The summed E-state index contributed by atoms with van der Waals surface area (Å²) in [5, 5.41) is 13.6. The molecule has 3 N–H and O–H groups in total. The number of nitrogens with one attached hydrogen (secondary N) is 2. The van der Waals surface area contributed by atoms with E-state index in [0.29, 0.717) is 19.4 Å². The number of rotatable bonds is 4. The number of carbonyl (C=O) groups excluding carboxylic acids is 2. The first-order valence-corrected chi connectivity index (χ1v) is 6.66. The van der Waals surface area contributed by atoms with E-state index in [-0.39, 0.29) is 18.9 Å². The van der Waals surface area contributed by atoms with Crippen molar-refractivity contribution in [3.8, 4) is 0 Å². The normalized spacial score (nSPS) is 29.4. The summed E-state index contributed by atoms with van der Waals surface area (Å²) in [5.41, 5.74) is 0. The topological polar surface area (TPSA) is 98.7 Å². The molecule has 0 aromatic heterocycles. The summed E-state index contributed by atoms with van der Waals surface area (Å²) in [6, 6.07) is -1.24. The second-order valence-corrected chi connectivity index (χ2v) is 5.10. The third kappa shape index (κ3) is 3.24. The van der Waals surface area contributed by atoms with E-state index >= 15 is 0 Å². The predicted molar refractivity (Wildman–Crippen MR) is 66.7 cm³/mol. The molecule has 20 heavy (non-hydrogen) atoms. The quantitative estimate of drug-likeness (QED) is 0.608. The first kappa shape index (κ1) is 14.7. The van der Waals surface area contributed by atoms with E-state index < -0.39 is 36.7 Å². The maximum atomic E-state index is 13.1. The highest BCUT2D eigenvalue weighted by Gasteiger charge is 2.39. The molecule has 3 atom stereocenters. The Morgan fingerprint density at radius 2 is 2.15 bits per heavy atom. The van der Waals surface area contributed by atoms with Crippen LogP contribution in [0.5, 0.6) is 0 Å². The summed E-state index contributed by atoms with van der Waals surface area (Å²) in [5.74, 6) is -1.88. The van der Waals surface area contributed by atoms with Crippen LogP contribution in [0.4, 0.5) is 4.39 Å². The molecule has 0 spiro atoms. The van der Waals surface area contributed by atoms with Crippen LogP contribution in [-0.2, 0) is 14.4 Å². The van der Waals surface area contributed by atoms with Crippen LogP contribution in [0.3, 0.4) is 0 Å². The highest BCUT2D eigenvalue weighted by Crippen LogP contribution is 2.21. The monoisotopic (exact) mass is 287 g/mol. The number of alkyl halides is 1. The zero-order chi connectivity index (χ0) is 14.7. The largest absolute Gasteiger partial charge is 0.480 e. The molecule has 112 valence electrons. The molecule has 2 heterocycles.